The zero-order valence-corrected chi connectivity index (χ0v) is 13.3. The molecule has 7 heteroatoms. The van der Waals surface area contributed by atoms with Crippen molar-refractivity contribution in [2.75, 3.05) is 12.9 Å². The minimum Gasteiger partial charge on any atom is -0.497 e. The van der Waals surface area contributed by atoms with Crippen LogP contribution in [0.5, 0.6) is 5.75 Å². The number of ether oxygens (including phenoxy) is 1. The fourth-order valence-electron chi connectivity index (χ4n) is 2.00. The summed E-state index contributed by atoms with van der Waals surface area (Å²) in [6, 6.07) is 13.0. The SMILES string of the molecule is COc1ccc(C(O)CSc2n[nH]c(-c3ccccn3)n2)cc1. The van der Waals surface area contributed by atoms with Crippen LogP contribution in [0.1, 0.15) is 11.7 Å². The monoisotopic (exact) mass is 328 g/mol. The molecule has 118 valence electrons. The molecule has 1 unspecified atom stereocenters. The van der Waals surface area contributed by atoms with Gasteiger partial charge in [0.25, 0.3) is 0 Å². The maximum atomic E-state index is 10.2. The maximum Gasteiger partial charge on any atom is 0.208 e. The molecule has 2 N–H and O–H groups in total. The Kier molecular flexibility index (Phi) is 4.89. The molecule has 0 fully saturated rings. The van der Waals surface area contributed by atoms with Crippen LogP contribution in [0.25, 0.3) is 11.5 Å². The van der Waals surface area contributed by atoms with Gasteiger partial charge in [0.1, 0.15) is 11.4 Å². The molecule has 2 aromatic heterocycles. The summed E-state index contributed by atoms with van der Waals surface area (Å²) in [7, 11) is 1.61. The van der Waals surface area contributed by atoms with Crippen molar-refractivity contribution >= 4 is 11.8 Å². The van der Waals surface area contributed by atoms with Crippen molar-refractivity contribution in [3.63, 3.8) is 0 Å². The van der Waals surface area contributed by atoms with E-state index < -0.39 is 6.10 Å². The summed E-state index contributed by atoms with van der Waals surface area (Å²) in [6.45, 7) is 0. The Morgan fingerprint density at radius 1 is 1.22 bits per heavy atom. The summed E-state index contributed by atoms with van der Waals surface area (Å²) < 4.78 is 5.11. The molecule has 3 aromatic rings. The van der Waals surface area contributed by atoms with E-state index in [0.29, 0.717) is 16.7 Å². The Morgan fingerprint density at radius 2 is 2.04 bits per heavy atom. The number of thioether (sulfide) groups is 1. The molecule has 0 saturated carbocycles. The Labute approximate surface area is 138 Å². The Bertz CT molecular complexity index is 746. The van der Waals surface area contributed by atoms with E-state index >= 15 is 0 Å². The second kappa shape index (κ2) is 7.26. The van der Waals surface area contributed by atoms with E-state index in [9.17, 15) is 5.11 Å². The predicted octanol–water partition coefficient (Wildman–Crippen LogP) is 2.70. The molecule has 0 aliphatic carbocycles. The number of pyridine rings is 1. The number of H-pyrrole nitrogens is 1. The normalized spacial score (nSPS) is 12.1. The van der Waals surface area contributed by atoms with Crippen molar-refractivity contribution in [3.8, 4) is 17.3 Å². The molecule has 0 radical (unpaired) electrons. The van der Waals surface area contributed by atoms with Crippen molar-refractivity contribution in [2.45, 2.75) is 11.3 Å². The molecule has 23 heavy (non-hydrogen) atoms. The van der Waals surface area contributed by atoms with Crippen LogP contribution in [0.2, 0.25) is 0 Å². The maximum absolute atomic E-state index is 10.2. The lowest BCUT2D eigenvalue weighted by Gasteiger charge is -2.09. The van der Waals surface area contributed by atoms with Gasteiger partial charge in [-0.05, 0) is 29.8 Å². The van der Waals surface area contributed by atoms with Gasteiger partial charge in [0.15, 0.2) is 5.82 Å². The Balaban J connectivity index is 1.60. The van der Waals surface area contributed by atoms with Gasteiger partial charge in [-0.2, -0.15) is 4.98 Å². The first-order valence-corrected chi connectivity index (χ1v) is 8.03. The first-order chi connectivity index (χ1) is 11.3. The molecule has 1 atom stereocenters. The molecule has 0 aliphatic rings. The van der Waals surface area contributed by atoms with Crippen LogP contribution >= 0.6 is 11.8 Å². The molecule has 0 amide bonds. The van der Waals surface area contributed by atoms with E-state index in [2.05, 4.69) is 20.2 Å². The number of aromatic nitrogens is 4. The van der Waals surface area contributed by atoms with E-state index in [4.69, 9.17) is 4.74 Å². The number of benzene rings is 1. The van der Waals surface area contributed by atoms with E-state index in [1.165, 1.54) is 11.8 Å². The van der Waals surface area contributed by atoms with Crippen LogP contribution < -0.4 is 4.74 Å². The molecule has 0 aliphatic heterocycles. The Morgan fingerprint density at radius 3 is 2.74 bits per heavy atom. The van der Waals surface area contributed by atoms with Gasteiger partial charge in [0, 0.05) is 11.9 Å². The van der Waals surface area contributed by atoms with Crippen molar-refractivity contribution in [2.24, 2.45) is 0 Å². The zero-order valence-electron chi connectivity index (χ0n) is 12.5. The summed E-state index contributed by atoms with van der Waals surface area (Å²) in [5.41, 5.74) is 1.57. The lowest BCUT2D eigenvalue weighted by molar-refractivity contribution is 0.204. The number of rotatable bonds is 6. The van der Waals surface area contributed by atoms with Crippen LogP contribution in [-0.2, 0) is 0 Å². The summed E-state index contributed by atoms with van der Waals surface area (Å²) >= 11 is 1.39. The number of aromatic amines is 1. The van der Waals surface area contributed by atoms with Gasteiger partial charge in [-0.1, -0.05) is 30.0 Å². The van der Waals surface area contributed by atoms with Gasteiger partial charge in [0.2, 0.25) is 5.16 Å². The molecular weight excluding hydrogens is 312 g/mol. The highest BCUT2D eigenvalue weighted by Gasteiger charge is 2.12. The second-order valence-corrected chi connectivity index (χ2v) is 5.77. The summed E-state index contributed by atoms with van der Waals surface area (Å²) in [5, 5.41) is 17.8. The van der Waals surface area contributed by atoms with Crippen molar-refractivity contribution in [1.29, 1.82) is 0 Å². The largest absolute Gasteiger partial charge is 0.497 e. The van der Waals surface area contributed by atoms with Gasteiger partial charge in [0.05, 0.1) is 13.2 Å². The van der Waals surface area contributed by atoms with Gasteiger partial charge in [-0.15, -0.1) is 5.10 Å². The molecule has 0 bridgehead atoms. The summed E-state index contributed by atoms with van der Waals surface area (Å²) in [5.74, 6) is 1.85. The highest BCUT2D eigenvalue weighted by atomic mass is 32.2. The topological polar surface area (TPSA) is 83.9 Å². The number of nitrogens with zero attached hydrogens (tertiary/aromatic N) is 3. The third-order valence-electron chi connectivity index (χ3n) is 3.24. The molecule has 0 saturated heterocycles. The van der Waals surface area contributed by atoms with E-state index in [-0.39, 0.29) is 0 Å². The van der Waals surface area contributed by atoms with E-state index in [1.54, 1.807) is 13.3 Å². The number of nitrogens with one attached hydrogen (secondary N) is 1. The number of hydrogen-bond donors (Lipinski definition) is 2. The molecule has 6 nitrogen and oxygen atoms in total. The molecule has 1 aromatic carbocycles. The van der Waals surface area contributed by atoms with Crippen LogP contribution in [0.3, 0.4) is 0 Å². The minimum atomic E-state index is -0.595. The quantitative estimate of drug-likeness (QED) is 0.677. The fourth-order valence-corrected chi connectivity index (χ4v) is 2.77. The molecule has 2 heterocycles. The van der Waals surface area contributed by atoms with Gasteiger partial charge < -0.3 is 9.84 Å². The van der Waals surface area contributed by atoms with Gasteiger partial charge in [-0.3, -0.25) is 10.1 Å². The summed E-state index contributed by atoms with van der Waals surface area (Å²) in [4.78, 5) is 8.59. The lowest BCUT2D eigenvalue weighted by atomic mass is 10.1. The van der Waals surface area contributed by atoms with Gasteiger partial charge >= 0.3 is 0 Å². The van der Waals surface area contributed by atoms with E-state index in [0.717, 1.165) is 17.0 Å². The van der Waals surface area contributed by atoms with Gasteiger partial charge in [-0.25, -0.2) is 0 Å². The van der Waals surface area contributed by atoms with Crippen molar-refractivity contribution < 1.29 is 9.84 Å². The fraction of sp³-hybridized carbons (Fsp3) is 0.188. The average molecular weight is 328 g/mol. The highest BCUT2D eigenvalue weighted by Crippen LogP contribution is 2.24. The Hall–Kier alpha value is -2.38. The lowest BCUT2D eigenvalue weighted by Crippen LogP contribution is -2.00. The summed E-state index contributed by atoms with van der Waals surface area (Å²) in [6.07, 6.45) is 1.11. The number of aliphatic hydroxyl groups is 1. The molecule has 0 spiro atoms. The van der Waals surface area contributed by atoms with Crippen LogP contribution in [0.15, 0.2) is 53.8 Å². The minimum absolute atomic E-state index is 0.464. The first-order valence-electron chi connectivity index (χ1n) is 7.05. The number of aliphatic hydroxyl groups excluding tert-OH is 1. The zero-order chi connectivity index (χ0) is 16.1. The highest BCUT2D eigenvalue weighted by molar-refractivity contribution is 7.99. The number of methoxy groups -OCH3 is 1. The van der Waals surface area contributed by atoms with Crippen molar-refractivity contribution in [1.82, 2.24) is 20.2 Å². The first kappa shape index (κ1) is 15.5. The molecular formula is C16H16N4O2S. The third kappa shape index (κ3) is 3.88. The van der Waals surface area contributed by atoms with Crippen LogP contribution in [-0.4, -0.2) is 38.1 Å². The van der Waals surface area contributed by atoms with Crippen LogP contribution in [0.4, 0.5) is 0 Å². The predicted molar refractivity (Wildman–Crippen MR) is 88.3 cm³/mol. The number of hydrogen-bond acceptors (Lipinski definition) is 6. The van der Waals surface area contributed by atoms with Crippen LogP contribution in [0, 0.1) is 0 Å². The second-order valence-electron chi connectivity index (χ2n) is 4.78. The average Bonchev–Trinajstić information content (AvgIpc) is 3.09. The van der Waals surface area contributed by atoms with E-state index in [1.807, 2.05) is 42.5 Å². The smallest absolute Gasteiger partial charge is 0.208 e. The molecule has 3 rings (SSSR count). The third-order valence-corrected chi connectivity index (χ3v) is 4.17. The standard InChI is InChI=1S/C16H16N4O2S/c1-22-12-7-5-11(6-8-12)14(21)10-23-16-18-15(19-20-16)13-4-2-3-9-17-13/h2-9,14,21H,10H2,1H3,(H,18,19,20). The van der Waals surface area contributed by atoms with Crippen molar-refractivity contribution in [3.05, 3.63) is 54.2 Å².